The fraction of sp³-hybridized carbons (Fsp3) is 0.400. The van der Waals surface area contributed by atoms with Crippen LogP contribution in [0.2, 0.25) is 0 Å². The van der Waals surface area contributed by atoms with Gasteiger partial charge >= 0.3 is 0 Å². The second-order valence-corrected chi connectivity index (χ2v) is 7.16. The maximum atomic E-state index is 3.60. The lowest BCUT2D eigenvalue weighted by Gasteiger charge is -2.23. The lowest BCUT2D eigenvalue weighted by Crippen LogP contribution is -2.14. The Kier molecular flexibility index (Phi) is 3.75. The third-order valence-corrected chi connectivity index (χ3v) is 4.25. The summed E-state index contributed by atoms with van der Waals surface area (Å²) in [5, 5.41) is 3.60. The Labute approximate surface area is 128 Å². The molecule has 0 bridgehead atoms. The maximum absolute atomic E-state index is 3.60. The van der Waals surface area contributed by atoms with Crippen molar-refractivity contribution in [1.29, 1.82) is 0 Å². The summed E-state index contributed by atoms with van der Waals surface area (Å²) in [6, 6.07) is 17.7. The number of benzene rings is 2. The van der Waals surface area contributed by atoms with Gasteiger partial charge in [-0.15, -0.1) is 0 Å². The highest BCUT2D eigenvalue weighted by Crippen LogP contribution is 2.39. The molecule has 0 amide bonds. The average Bonchev–Trinajstić information content (AvgIpc) is 3.30. The van der Waals surface area contributed by atoms with Gasteiger partial charge in [0, 0.05) is 12.2 Å². The molecule has 1 N–H and O–H groups in total. The molecule has 3 rings (SSSR count). The number of hydrogen-bond acceptors (Lipinski definition) is 1. The normalized spacial score (nSPS) is 15.0. The second kappa shape index (κ2) is 5.55. The molecular formula is C20H25N. The summed E-state index contributed by atoms with van der Waals surface area (Å²) in [4.78, 5) is 0. The summed E-state index contributed by atoms with van der Waals surface area (Å²) in [6.45, 7) is 7.67. The molecule has 0 atom stereocenters. The first-order valence-electron chi connectivity index (χ1n) is 7.96. The third-order valence-electron chi connectivity index (χ3n) is 4.25. The monoisotopic (exact) mass is 279 g/mol. The lowest BCUT2D eigenvalue weighted by molar-refractivity contribution is 0.591. The summed E-state index contributed by atoms with van der Waals surface area (Å²) in [6.07, 6.45) is 2.74. The van der Waals surface area contributed by atoms with Crippen LogP contribution in [0.4, 0.5) is 5.69 Å². The molecule has 1 saturated carbocycles. The molecular weight excluding hydrogens is 254 g/mol. The van der Waals surface area contributed by atoms with Gasteiger partial charge in [0.05, 0.1) is 0 Å². The number of hydrogen-bond donors (Lipinski definition) is 1. The molecule has 1 heteroatoms. The van der Waals surface area contributed by atoms with Gasteiger partial charge in [0.1, 0.15) is 0 Å². The van der Waals surface area contributed by atoms with E-state index in [-0.39, 0.29) is 5.41 Å². The molecule has 2 aromatic carbocycles. The van der Waals surface area contributed by atoms with Crippen LogP contribution in [0.15, 0.2) is 48.5 Å². The van der Waals surface area contributed by atoms with Crippen molar-refractivity contribution in [3.05, 3.63) is 65.2 Å². The molecule has 1 fully saturated rings. The van der Waals surface area contributed by atoms with E-state index in [1.165, 1.54) is 35.2 Å². The van der Waals surface area contributed by atoms with Crippen molar-refractivity contribution in [2.24, 2.45) is 0 Å². The molecule has 0 spiro atoms. The van der Waals surface area contributed by atoms with Gasteiger partial charge < -0.3 is 5.32 Å². The molecule has 1 aliphatic carbocycles. The van der Waals surface area contributed by atoms with Crippen LogP contribution in [0.1, 0.15) is 56.2 Å². The van der Waals surface area contributed by atoms with E-state index in [0.717, 1.165) is 12.5 Å². The van der Waals surface area contributed by atoms with Gasteiger partial charge in [0.15, 0.2) is 0 Å². The van der Waals surface area contributed by atoms with Crippen molar-refractivity contribution >= 4 is 5.69 Å². The van der Waals surface area contributed by atoms with E-state index >= 15 is 0 Å². The average molecular weight is 279 g/mol. The molecule has 110 valence electrons. The van der Waals surface area contributed by atoms with E-state index in [9.17, 15) is 0 Å². The van der Waals surface area contributed by atoms with Gasteiger partial charge in [-0.2, -0.15) is 0 Å². The van der Waals surface area contributed by atoms with Crippen LogP contribution < -0.4 is 5.32 Å². The van der Waals surface area contributed by atoms with Gasteiger partial charge in [-0.05, 0) is 46.9 Å². The van der Waals surface area contributed by atoms with E-state index in [0.29, 0.717) is 0 Å². The van der Waals surface area contributed by atoms with E-state index in [1.54, 1.807) is 0 Å². The zero-order chi connectivity index (χ0) is 14.9. The Bertz CT molecular complexity index is 600. The first-order chi connectivity index (χ1) is 10.0. The Hall–Kier alpha value is -1.76. The minimum Gasteiger partial charge on any atom is -0.381 e. The Balaban J connectivity index is 1.70. The van der Waals surface area contributed by atoms with Crippen LogP contribution in [-0.4, -0.2) is 0 Å². The number of anilines is 1. The molecule has 2 aromatic rings. The Morgan fingerprint density at radius 3 is 2.24 bits per heavy atom. The summed E-state index contributed by atoms with van der Waals surface area (Å²) in [7, 11) is 0. The summed E-state index contributed by atoms with van der Waals surface area (Å²) in [5.41, 5.74) is 5.65. The maximum Gasteiger partial charge on any atom is 0.0400 e. The van der Waals surface area contributed by atoms with Crippen molar-refractivity contribution in [3.8, 4) is 0 Å². The second-order valence-electron chi connectivity index (χ2n) is 7.16. The van der Waals surface area contributed by atoms with Crippen LogP contribution in [-0.2, 0) is 12.0 Å². The van der Waals surface area contributed by atoms with E-state index < -0.39 is 0 Å². The molecule has 0 aliphatic heterocycles. The summed E-state index contributed by atoms with van der Waals surface area (Å²) >= 11 is 0. The minimum atomic E-state index is 0.166. The van der Waals surface area contributed by atoms with Crippen molar-refractivity contribution in [3.63, 3.8) is 0 Å². The molecule has 0 unspecified atom stereocenters. The van der Waals surface area contributed by atoms with Crippen LogP contribution in [0.5, 0.6) is 0 Å². The van der Waals surface area contributed by atoms with Gasteiger partial charge in [0.25, 0.3) is 0 Å². The molecule has 1 aliphatic rings. The lowest BCUT2D eigenvalue weighted by atomic mass is 9.86. The predicted octanol–water partition coefficient (Wildman–Crippen LogP) is 5.47. The first kappa shape index (κ1) is 14.2. The van der Waals surface area contributed by atoms with Gasteiger partial charge in [0.2, 0.25) is 0 Å². The Morgan fingerprint density at radius 2 is 1.62 bits per heavy atom. The van der Waals surface area contributed by atoms with Crippen LogP contribution in [0.3, 0.4) is 0 Å². The van der Waals surface area contributed by atoms with Gasteiger partial charge in [-0.3, -0.25) is 0 Å². The summed E-state index contributed by atoms with van der Waals surface area (Å²) < 4.78 is 0. The van der Waals surface area contributed by atoms with Crippen LogP contribution in [0, 0.1) is 0 Å². The van der Waals surface area contributed by atoms with Crippen LogP contribution in [0.25, 0.3) is 0 Å². The molecule has 21 heavy (non-hydrogen) atoms. The van der Waals surface area contributed by atoms with Crippen molar-refractivity contribution in [2.45, 2.75) is 51.5 Å². The zero-order valence-electron chi connectivity index (χ0n) is 13.3. The summed E-state index contributed by atoms with van der Waals surface area (Å²) in [5.74, 6) is 0.841. The standard InChI is InChI=1S/C20H25N/c1-20(2,3)18-6-4-5-7-19(18)21-14-15-8-10-16(11-9-15)17-12-13-17/h4-11,17,21H,12-14H2,1-3H3. The third kappa shape index (κ3) is 3.47. The van der Waals surface area contributed by atoms with Crippen LogP contribution >= 0.6 is 0 Å². The first-order valence-corrected chi connectivity index (χ1v) is 7.96. The van der Waals surface area contributed by atoms with E-state index in [2.05, 4.69) is 74.6 Å². The highest BCUT2D eigenvalue weighted by molar-refractivity contribution is 5.54. The highest BCUT2D eigenvalue weighted by atomic mass is 14.9. The minimum absolute atomic E-state index is 0.166. The fourth-order valence-electron chi connectivity index (χ4n) is 2.81. The molecule has 0 aromatic heterocycles. The number of para-hydroxylation sites is 1. The van der Waals surface area contributed by atoms with Gasteiger partial charge in [-0.25, -0.2) is 0 Å². The predicted molar refractivity (Wildman–Crippen MR) is 90.9 cm³/mol. The van der Waals surface area contributed by atoms with Crippen molar-refractivity contribution in [2.75, 3.05) is 5.32 Å². The number of nitrogens with one attached hydrogen (secondary N) is 1. The SMILES string of the molecule is CC(C)(C)c1ccccc1NCc1ccc(C2CC2)cc1. The van der Waals surface area contributed by atoms with E-state index in [1.807, 2.05) is 0 Å². The van der Waals surface area contributed by atoms with Crippen molar-refractivity contribution in [1.82, 2.24) is 0 Å². The quantitative estimate of drug-likeness (QED) is 0.782. The molecule has 0 saturated heterocycles. The smallest absolute Gasteiger partial charge is 0.0400 e. The zero-order valence-corrected chi connectivity index (χ0v) is 13.3. The van der Waals surface area contributed by atoms with Gasteiger partial charge in [-0.1, -0.05) is 63.2 Å². The molecule has 0 radical (unpaired) electrons. The Morgan fingerprint density at radius 1 is 0.952 bits per heavy atom. The molecule has 0 heterocycles. The number of rotatable bonds is 4. The van der Waals surface area contributed by atoms with E-state index in [4.69, 9.17) is 0 Å². The largest absolute Gasteiger partial charge is 0.381 e. The molecule has 1 nitrogen and oxygen atoms in total. The topological polar surface area (TPSA) is 12.0 Å². The fourth-order valence-corrected chi connectivity index (χ4v) is 2.81. The highest BCUT2D eigenvalue weighted by Gasteiger charge is 2.23. The van der Waals surface area contributed by atoms with Crippen molar-refractivity contribution < 1.29 is 0 Å².